The summed E-state index contributed by atoms with van der Waals surface area (Å²) in [5.41, 5.74) is 0.647. The Morgan fingerprint density at radius 2 is 1.90 bits per heavy atom. The Balaban J connectivity index is 2.08. The molecule has 1 N–H and O–H groups in total. The number of nitro groups is 1. The Morgan fingerprint density at radius 3 is 2.38 bits per heavy atom. The second kappa shape index (κ2) is 7.29. The predicted octanol–water partition coefficient (Wildman–Crippen LogP) is 3.73. The number of nitro benzene ring substituents is 1. The zero-order valence-electron chi connectivity index (χ0n) is 11.9. The van der Waals surface area contributed by atoms with E-state index in [1.54, 1.807) is 0 Å². The summed E-state index contributed by atoms with van der Waals surface area (Å²) in [6, 6.07) is 2.74. The van der Waals surface area contributed by atoms with Crippen LogP contribution in [0.3, 0.4) is 0 Å². The summed E-state index contributed by atoms with van der Waals surface area (Å²) in [4.78, 5) is 12.5. The van der Waals surface area contributed by atoms with Crippen LogP contribution >= 0.6 is 23.2 Å². The van der Waals surface area contributed by atoms with E-state index < -0.39 is 4.92 Å². The molecular formula is C14H19Cl2N3O2. The zero-order chi connectivity index (χ0) is 15.4. The van der Waals surface area contributed by atoms with Gasteiger partial charge in [0, 0.05) is 25.2 Å². The third-order valence-corrected chi connectivity index (χ3v) is 4.52. The smallest absolute Gasteiger partial charge is 0.272 e. The molecule has 1 heterocycles. The number of nitrogens with zero attached hydrogens (tertiary/aromatic N) is 2. The quantitative estimate of drug-likeness (QED) is 0.659. The van der Waals surface area contributed by atoms with Gasteiger partial charge in [0.15, 0.2) is 0 Å². The fourth-order valence-corrected chi connectivity index (χ4v) is 3.47. The van der Waals surface area contributed by atoms with Crippen molar-refractivity contribution in [2.24, 2.45) is 5.92 Å². The minimum atomic E-state index is -0.481. The maximum absolute atomic E-state index is 10.8. The van der Waals surface area contributed by atoms with Crippen molar-refractivity contribution in [2.45, 2.75) is 19.3 Å². The molecule has 1 aliphatic heterocycles. The number of non-ortho nitro benzene ring substituents is 1. The Kier molecular flexibility index (Phi) is 5.67. The molecule has 7 heteroatoms. The van der Waals surface area contributed by atoms with Crippen LogP contribution < -0.4 is 10.2 Å². The summed E-state index contributed by atoms with van der Waals surface area (Å²) in [6.07, 6.45) is 3.35. The topological polar surface area (TPSA) is 58.4 Å². The maximum atomic E-state index is 10.8. The summed E-state index contributed by atoms with van der Waals surface area (Å²) in [6.45, 7) is 2.79. The molecule has 21 heavy (non-hydrogen) atoms. The second-order valence-electron chi connectivity index (χ2n) is 5.34. The first-order valence-corrected chi connectivity index (χ1v) is 7.81. The molecule has 1 aliphatic rings. The zero-order valence-corrected chi connectivity index (χ0v) is 13.5. The lowest BCUT2D eigenvalue weighted by Gasteiger charge is -2.34. The van der Waals surface area contributed by atoms with Gasteiger partial charge in [-0.3, -0.25) is 10.1 Å². The lowest BCUT2D eigenvalue weighted by molar-refractivity contribution is -0.384. The van der Waals surface area contributed by atoms with E-state index in [4.69, 9.17) is 23.2 Å². The van der Waals surface area contributed by atoms with Gasteiger partial charge in [-0.25, -0.2) is 0 Å². The normalized spacial score (nSPS) is 16.2. The molecule has 116 valence electrons. The van der Waals surface area contributed by atoms with Crippen molar-refractivity contribution in [3.05, 3.63) is 32.3 Å². The van der Waals surface area contributed by atoms with Crippen LogP contribution in [-0.4, -0.2) is 31.6 Å². The maximum Gasteiger partial charge on any atom is 0.272 e. The van der Waals surface area contributed by atoms with Crippen LogP contribution in [0.25, 0.3) is 0 Å². The van der Waals surface area contributed by atoms with E-state index in [-0.39, 0.29) is 5.69 Å². The van der Waals surface area contributed by atoms with E-state index in [0.717, 1.165) is 38.2 Å². The van der Waals surface area contributed by atoms with E-state index in [0.29, 0.717) is 16.0 Å². The number of hydrogen-bond acceptors (Lipinski definition) is 4. The van der Waals surface area contributed by atoms with Crippen LogP contribution in [0, 0.1) is 16.0 Å². The Morgan fingerprint density at radius 1 is 1.33 bits per heavy atom. The summed E-state index contributed by atoms with van der Waals surface area (Å²) in [5.74, 6) is 0.712. The van der Waals surface area contributed by atoms with Gasteiger partial charge < -0.3 is 10.2 Å². The molecular weight excluding hydrogens is 313 g/mol. The summed E-state index contributed by atoms with van der Waals surface area (Å²) >= 11 is 12.4. The third-order valence-electron chi connectivity index (χ3n) is 3.95. The van der Waals surface area contributed by atoms with Crippen molar-refractivity contribution in [3.63, 3.8) is 0 Å². The van der Waals surface area contributed by atoms with Crippen LogP contribution in [0.1, 0.15) is 19.3 Å². The fourth-order valence-electron chi connectivity index (χ4n) is 2.75. The van der Waals surface area contributed by atoms with Crippen LogP contribution in [-0.2, 0) is 0 Å². The van der Waals surface area contributed by atoms with E-state index in [1.807, 2.05) is 7.05 Å². The van der Waals surface area contributed by atoms with Crippen molar-refractivity contribution in [2.75, 3.05) is 31.6 Å². The molecule has 0 aromatic heterocycles. The van der Waals surface area contributed by atoms with Crippen molar-refractivity contribution < 1.29 is 4.92 Å². The van der Waals surface area contributed by atoms with E-state index in [1.165, 1.54) is 18.6 Å². The van der Waals surface area contributed by atoms with Gasteiger partial charge >= 0.3 is 0 Å². The lowest BCUT2D eigenvalue weighted by Crippen LogP contribution is -2.34. The van der Waals surface area contributed by atoms with Crippen molar-refractivity contribution in [1.29, 1.82) is 0 Å². The van der Waals surface area contributed by atoms with Crippen molar-refractivity contribution >= 4 is 34.6 Å². The third kappa shape index (κ3) is 3.99. The molecule has 2 rings (SSSR count). The molecule has 0 bridgehead atoms. The number of halogens is 2. The molecule has 0 saturated carbocycles. The van der Waals surface area contributed by atoms with E-state index >= 15 is 0 Å². The highest BCUT2D eigenvalue weighted by Gasteiger charge is 2.24. The first-order valence-electron chi connectivity index (χ1n) is 7.06. The number of piperidine rings is 1. The van der Waals surface area contributed by atoms with E-state index in [9.17, 15) is 10.1 Å². The molecule has 0 radical (unpaired) electrons. The molecule has 1 aromatic carbocycles. The monoisotopic (exact) mass is 331 g/mol. The predicted molar refractivity (Wildman–Crippen MR) is 86.6 cm³/mol. The van der Waals surface area contributed by atoms with Crippen LogP contribution in [0.2, 0.25) is 10.0 Å². The number of hydrogen-bond donors (Lipinski definition) is 1. The first-order chi connectivity index (χ1) is 10.0. The van der Waals surface area contributed by atoms with Crippen LogP contribution in [0.15, 0.2) is 12.1 Å². The molecule has 0 atom stereocenters. The average Bonchev–Trinajstić information content (AvgIpc) is 2.45. The van der Waals surface area contributed by atoms with Gasteiger partial charge in [0.2, 0.25) is 0 Å². The standard InChI is InChI=1S/C14H19Cl2N3O2/c1-17-5-2-10-3-6-18(7-4-10)14-12(15)8-11(19(20)21)9-13(14)16/h8-10,17H,2-7H2,1H3. The van der Waals surface area contributed by atoms with Crippen molar-refractivity contribution in [3.8, 4) is 0 Å². The van der Waals surface area contributed by atoms with Gasteiger partial charge in [-0.2, -0.15) is 0 Å². The first kappa shape index (κ1) is 16.3. The molecule has 0 aliphatic carbocycles. The number of benzene rings is 1. The number of nitrogens with one attached hydrogen (secondary N) is 1. The SMILES string of the molecule is CNCCC1CCN(c2c(Cl)cc([N+](=O)[O-])cc2Cl)CC1. The minimum absolute atomic E-state index is 0.0716. The Labute approximate surface area is 134 Å². The molecule has 0 unspecified atom stereocenters. The fraction of sp³-hybridized carbons (Fsp3) is 0.571. The van der Waals surface area contributed by atoms with Crippen molar-refractivity contribution in [1.82, 2.24) is 5.32 Å². The Bertz CT molecular complexity index is 494. The van der Waals surface area contributed by atoms with Gasteiger partial charge in [-0.1, -0.05) is 23.2 Å². The second-order valence-corrected chi connectivity index (χ2v) is 6.15. The molecule has 5 nitrogen and oxygen atoms in total. The highest BCUT2D eigenvalue weighted by atomic mass is 35.5. The molecule has 1 saturated heterocycles. The van der Waals surface area contributed by atoms with Gasteiger partial charge in [-0.15, -0.1) is 0 Å². The Hall–Kier alpha value is -1.04. The number of rotatable bonds is 5. The van der Waals surface area contributed by atoms with Crippen LogP contribution in [0.5, 0.6) is 0 Å². The molecule has 0 amide bonds. The summed E-state index contributed by atoms with van der Waals surface area (Å²) < 4.78 is 0. The average molecular weight is 332 g/mol. The molecule has 1 fully saturated rings. The summed E-state index contributed by atoms with van der Waals surface area (Å²) in [7, 11) is 1.96. The highest BCUT2D eigenvalue weighted by molar-refractivity contribution is 6.39. The van der Waals surface area contributed by atoms with Gasteiger partial charge in [0.05, 0.1) is 20.7 Å². The van der Waals surface area contributed by atoms with E-state index in [2.05, 4.69) is 10.2 Å². The molecule has 0 spiro atoms. The number of anilines is 1. The van der Waals surface area contributed by atoms with Gasteiger partial charge in [0.1, 0.15) is 0 Å². The van der Waals surface area contributed by atoms with Gasteiger partial charge in [-0.05, 0) is 38.8 Å². The highest BCUT2D eigenvalue weighted by Crippen LogP contribution is 2.39. The summed E-state index contributed by atoms with van der Waals surface area (Å²) in [5, 5.41) is 14.7. The minimum Gasteiger partial charge on any atom is -0.369 e. The van der Waals surface area contributed by atoms with Crippen LogP contribution in [0.4, 0.5) is 11.4 Å². The van der Waals surface area contributed by atoms with Gasteiger partial charge in [0.25, 0.3) is 5.69 Å². The largest absolute Gasteiger partial charge is 0.369 e. The molecule has 1 aromatic rings. The lowest BCUT2D eigenvalue weighted by atomic mass is 9.93.